The number of nitrogens with one attached hydrogen (secondary N) is 2. The molecule has 1 aromatic carbocycles. The van der Waals surface area contributed by atoms with Gasteiger partial charge in [0.25, 0.3) is 0 Å². The standard InChI is InChI=1S/C34H43N5O4/c1-21(2)42-33(41)39-15-10-23(11-16-39)29-25-9-8-22(3)17-26(25)27(18-24-7-6-14-36-30(24)29)31(28-19-35-20-38(28)5)37-32(40)43-34(4)12-13-34/h6-9,14,17-21,23,29-31,36H,10-13,15-16H2,1-5H3,(H,37,40). The number of alkyl carbamates (subject to hydrolysis) is 1. The van der Waals surface area contributed by atoms with Crippen LogP contribution < -0.4 is 10.6 Å². The van der Waals surface area contributed by atoms with E-state index in [9.17, 15) is 9.59 Å². The van der Waals surface area contributed by atoms with Crippen LogP contribution in [0, 0.1) is 12.8 Å². The Labute approximate surface area is 254 Å². The molecule has 6 rings (SSSR count). The predicted molar refractivity (Wildman–Crippen MR) is 165 cm³/mol. The summed E-state index contributed by atoms with van der Waals surface area (Å²) < 4.78 is 13.3. The first-order valence-corrected chi connectivity index (χ1v) is 15.5. The lowest BCUT2D eigenvalue weighted by molar-refractivity contribution is 0.0625. The van der Waals surface area contributed by atoms with E-state index in [0.717, 1.165) is 53.7 Å². The summed E-state index contributed by atoms with van der Waals surface area (Å²) in [7, 11) is 1.95. The lowest BCUT2D eigenvalue weighted by atomic mass is 9.73. The van der Waals surface area contributed by atoms with Gasteiger partial charge in [-0.1, -0.05) is 35.9 Å². The van der Waals surface area contributed by atoms with Crippen molar-refractivity contribution < 1.29 is 19.1 Å². The maximum Gasteiger partial charge on any atom is 0.410 e. The first-order valence-electron chi connectivity index (χ1n) is 15.5. The van der Waals surface area contributed by atoms with Crippen LogP contribution in [0.3, 0.4) is 0 Å². The summed E-state index contributed by atoms with van der Waals surface area (Å²) in [5.74, 6) is 0.501. The van der Waals surface area contributed by atoms with Crippen molar-refractivity contribution >= 4 is 17.8 Å². The average Bonchev–Trinajstić information content (AvgIpc) is 3.58. The molecule has 2 N–H and O–H groups in total. The van der Waals surface area contributed by atoms with Gasteiger partial charge in [-0.25, -0.2) is 14.6 Å². The smallest absolute Gasteiger partial charge is 0.410 e. The molecule has 2 aliphatic carbocycles. The zero-order valence-electron chi connectivity index (χ0n) is 25.8. The second-order valence-corrected chi connectivity index (χ2v) is 13.0. The summed E-state index contributed by atoms with van der Waals surface area (Å²) in [6.07, 6.45) is 14.8. The number of carbonyl (C=O) groups excluding carboxylic acids is 2. The number of ether oxygens (including phenoxy) is 2. The number of benzene rings is 1. The van der Waals surface area contributed by atoms with Crippen molar-refractivity contribution in [1.29, 1.82) is 0 Å². The maximum absolute atomic E-state index is 13.3. The molecule has 9 nitrogen and oxygen atoms in total. The fraction of sp³-hybridized carbons (Fsp3) is 0.500. The van der Waals surface area contributed by atoms with Crippen molar-refractivity contribution in [2.45, 2.75) is 83.1 Å². The van der Waals surface area contributed by atoms with E-state index in [-0.39, 0.29) is 29.8 Å². The van der Waals surface area contributed by atoms with Gasteiger partial charge in [-0.2, -0.15) is 0 Å². The Balaban J connectivity index is 1.39. The minimum atomic E-state index is -0.471. The molecule has 2 aromatic rings. The molecule has 2 amide bonds. The second kappa shape index (κ2) is 11.6. The minimum Gasteiger partial charge on any atom is -0.447 e. The molecule has 0 radical (unpaired) electrons. The largest absolute Gasteiger partial charge is 0.447 e. The molecule has 4 aliphatic rings. The normalized spacial score (nSPS) is 23.2. The number of imidazole rings is 1. The number of fused-ring (bicyclic) bond motifs is 2. The van der Waals surface area contributed by atoms with Gasteiger partial charge < -0.3 is 29.6 Å². The molecule has 43 heavy (non-hydrogen) atoms. The summed E-state index contributed by atoms with van der Waals surface area (Å²) in [6.45, 7) is 9.19. The minimum absolute atomic E-state index is 0.0487. The van der Waals surface area contributed by atoms with E-state index in [0.29, 0.717) is 19.0 Å². The Morgan fingerprint density at radius 2 is 1.95 bits per heavy atom. The fourth-order valence-electron chi connectivity index (χ4n) is 6.70. The third-order valence-electron chi connectivity index (χ3n) is 9.24. The number of allylic oxidation sites excluding steroid dienone is 2. The number of aryl methyl sites for hydroxylation is 2. The third kappa shape index (κ3) is 6.08. The lowest BCUT2D eigenvalue weighted by Crippen LogP contribution is -2.44. The number of hydrogen-bond acceptors (Lipinski definition) is 6. The summed E-state index contributed by atoms with van der Waals surface area (Å²) in [5.41, 5.74) is 6.17. The Morgan fingerprint density at radius 3 is 2.63 bits per heavy atom. The maximum atomic E-state index is 13.3. The van der Waals surface area contributed by atoms with E-state index in [1.807, 2.05) is 55.8 Å². The number of hydrogen-bond donors (Lipinski definition) is 2. The fourth-order valence-corrected chi connectivity index (χ4v) is 6.70. The van der Waals surface area contributed by atoms with Crippen molar-refractivity contribution in [3.63, 3.8) is 0 Å². The highest BCUT2D eigenvalue weighted by molar-refractivity contribution is 5.82. The molecule has 0 spiro atoms. The van der Waals surface area contributed by atoms with Crippen molar-refractivity contribution in [1.82, 2.24) is 25.1 Å². The van der Waals surface area contributed by atoms with Crippen LogP contribution in [0.1, 0.15) is 80.8 Å². The SMILES string of the molecule is Cc1ccc2c(c1)C(C(NC(=O)OC1(C)CC1)c1cncn1C)=CC1=CC=CNC1C2C1CCN(C(=O)OC(C)C)CC1. The third-order valence-corrected chi connectivity index (χ3v) is 9.24. The van der Waals surface area contributed by atoms with Crippen molar-refractivity contribution in [2.75, 3.05) is 13.1 Å². The van der Waals surface area contributed by atoms with Gasteiger partial charge in [0.2, 0.25) is 0 Å². The Morgan fingerprint density at radius 1 is 1.19 bits per heavy atom. The first-order chi connectivity index (χ1) is 20.6. The molecule has 1 aromatic heterocycles. The van der Waals surface area contributed by atoms with Crippen LogP contribution in [0.2, 0.25) is 0 Å². The number of aromatic nitrogens is 2. The van der Waals surface area contributed by atoms with Gasteiger partial charge in [0.05, 0.1) is 36.4 Å². The number of nitrogens with zero attached hydrogens (tertiary/aromatic N) is 3. The lowest BCUT2D eigenvalue weighted by Gasteiger charge is -2.40. The van der Waals surface area contributed by atoms with E-state index in [1.165, 1.54) is 5.56 Å². The van der Waals surface area contributed by atoms with Gasteiger partial charge in [0.15, 0.2) is 0 Å². The molecular formula is C34H43N5O4. The number of piperidine rings is 1. The summed E-state index contributed by atoms with van der Waals surface area (Å²) in [4.78, 5) is 32.2. The van der Waals surface area contributed by atoms with Crippen LogP contribution >= 0.6 is 0 Å². The topological polar surface area (TPSA) is 97.7 Å². The molecule has 3 heterocycles. The number of rotatable bonds is 6. The summed E-state index contributed by atoms with van der Waals surface area (Å²) in [6, 6.07) is 6.26. The molecule has 2 aliphatic heterocycles. The van der Waals surface area contributed by atoms with Gasteiger partial charge in [-0.15, -0.1) is 0 Å². The Kier molecular flexibility index (Phi) is 7.83. The van der Waals surface area contributed by atoms with Crippen LogP contribution in [0.15, 0.2) is 60.7 Å². The van der Waals surface area contributed by atoms with E-state index >= 15 is 0 Å². The highest BCUT2D eigenvalue weighted by atomic mass is 16.6. The monoisotopic (exact) mass is 585 g/mol. The molecule has 228 valence electrons. The highest BCUT2D eigenvalue weighted by Gasteiger charge is 2.43. The van der Waals surface area contributed by atoms with Gasteiger partial charge in [-0.3, -0.25) is 0 Å². The second-order valence-electron chi connectivity index (χ2n) is 13.0. The molecule has 3 unspecified atom stereocenters. The van der Waals surface area contributed by atoms with Gasteiger partial charge in [0.1, 0.15) is 5.60 Å². The van der Waals surface area contributed by atoms with E-state index in [2.05, 4.69) is 52.9 Å². The van der Waals surface area contributed by atoms with Crippen LogP contribution in [-0.4, -0.2) is 57.5 Å². The van der Waals surface area contributed by atoms with Gasteiger partial charge in [-0.05, 0) is 93.8 Å². The summed E-state index contributed by atoms with van der Waals surface area (Å²) >= 11 is 0. The Bertz CT molecular complexity index is 1480. The number of dihydropyridines is 1. The summed E-state index contributed by atoms with van der Waals surface area (Å²) in [5, 5.41) is 6.91. The van der Waals surface area contributed by atoms with E-state index in [1.54, 1.807) is 6.33 Å². The van der Waals surface area contributed by atoms with Gasteiger partial charge in [0, 0.05) is 26.1 Å². The van der Waals surface area contributed by atoms with Crippen molar-refractivity contribution in [3.05, 3.63) is 83.1 Å². The molecule has 1 saturated heterocycles. The Hall–Kier alpha value is -4.01. The highest BCUT2D eigenvalue weighted by Crippen LogP contribution is 2.47. The van der Waals surface area contributed by atoms with Gasteiger partial charge >= 0.3 is 12.2 Å². The zero-order chi connectivity index (χ0) is 30.3. The first kappa shape index (κ1) is 29.1. The zero-order valence-corrected chi connectivity index (χ0v) is 25.8. The quantitative estimate of drug-likeness (QED) is 0.438. The number of amides is 2. The molecular weight excluding hydrogens is 542 g/mol. The van der Waals surface area contributed by atoms with E-state index in [4.69, 9.17) is 9.47 Å². The average molecular weight is 586 g/mol. The molecule has 9 heteroatoms. The molecule has 3 atom stereocenters. The van der Waals surface area contributed by atoms with Crippen LogP contribution in [0.4, 0.5) is 9.59 Å². The molecule has 1 saturated carbocycles. The van der Waals surface area contributed by atoms with Crippen LogP contribution in [0.25, 0.3) is 5.57 Å². The van der Waals surface area contributed by atoms with E-state index < -0.39 is 12.1 Å². The molecule has 2 fully saturated rings. The number of carbonyl (C=O) groups is 2. The van der Waals surface area contributed by atoms with Crippen LogP contribution in [0.5, 0.6) is 0 Å². The van der Waals surface area contributed by atoms with Crippen molar-refractivity contribution in [3.8, 4) is 0 Å². The van der Waals surface area contributed by atoms with Crippen molar-refractivity contribution in [2.24, 2.45) is 13.0 Å². The number of likely N-dealkylation sites (tertiary alicyclic amines) is 1. The predicted octanol–water partition coefficient (Wildman–Crippen LogP) is 5.90. The molecule has 0 bridgehead atoms. The van der Waals surface area contributed by atoms with Crippen LogP contribution in [-0.2, 0) is 16.5 Å².